The third-order valence-electron chi connectivity index (χ3n) is 10.0. The van der Waals surface area contributed by atoms with Crippen molar-refractivity contribution < 1.29 is 0 Å². The highest BCUT2D eigenvalue weighted by Crippen LogP contribution is 2.32. The summed E-state index contributed by atoms with van der Waals surface area (Å²) in [6.07, 6.45) is 1.82. The molecule has 0 atom stereocenters. The van der Waals surface area contributed by atoms with Gasteiger partial charge >= 0.3 is 0 Å². The molecule has 5 aromatic heterocycles. The third kappa shape index (κ3) is 7.68. The smallest absolute Gasteiger partial charge is 0.182 e. The van der Waals surface area contributed by atoms with Gasteiger partial charge in [0.2, 0.25) is 0 Å². The van der Waals surface area contributed by atoms with E-state index in [1.165, 1.54) is 0 Å². The molecule has 0 bridgehead atoms. The molecule has 0 amide bonds. The van der Waals surface area contributed by atoms with Crippen molar-refractivity contribution in [2.24, 2.45) is 0 Å². The summed E-state index contributed by atoms with van der Waals surface area (Å²) >= 11 is 0. The van der Waals surface area contributed by atoms with Gasteiger partial charge in [0.05, 0.1) is 34.2 Å². The van der Waals surface area contributed by atoms with Gasteiger partial charge in [-0.2, -0.15) is 0 Å². The van der Waals surface area contributed by atoms with Crippen molar-refractivity contribution in [2.75, 3.05) is 0 Å². The fourth-order valence-corrected chi connectivity index (χ4v) is 6.98. The molecule has 0 aliphatic heterocycles. The number of nitrogens with zero attached hydrogens (tertiary/aromatic N) is 8. The van der Waals surface area contributed by atoms with Crippen molar-refractivity contribution in [3.05, 3.63) is 206 Å². The fraction of sp³-hybridized carbons (Fsp3) is 0. The van der Waals surface area contributed by atoms with Gasteiger partial charge < -0.3 is 0 Å². The molecule has 8 heteroatoms. The summed E-state index contributed by atoms with van der Waals surface area (Å²) in [6.45, 7) is 0. The Labute approximate surface area is 347 Å². The van der Waals surface area contributed by atoms with Gasteiger partial charge in [-0.05, 0) is 53.6 Å². The topological polar surface area (TPSA) is 103 Å². The molecular formula is C52H34N8. The molecule has 0 fully saturated rings. The van der Waals surface area contributed by atoms with E-state index in [0.29, 0.717) is 51.8 Å². The van der Waals surface area contributed by atoms with Gasteiger partial charge in [-0.3, -0.25) is 4.98 Å². The van der Waals surface area contributed by atoms with E-state index < -0.39 is 0 Å². The summed E-state index contributed by atoms with van der Waals surface area (Å²) in [4.78, 5) is 39.9. The van der Waals surface area contributed by atoms with Crippen LogP contribution in [-0.2, 0) is 0 Å². The molecule has 10 aromatic rings. The predicted octanol–water partition coefficient (Wildman–Crippen LogP) is 11.8. The Morgan fingerprint density at radius 1 is 0.200 bits per heavy atom. The van der Waals surface area contributed by atoms with Gasteiger partial charge in [-0.25, -0.2) is 34.9 Å². The number of hydrogen-bond acceptors (Lipinski definition) is 8. The van der Waals surface area contributed by atoms with Gasteiger partial charge in [-0.15, -0.1) is 0 Å². The lowest BCUT2D eigenvalue weighted by molar-refractivity contribution is 1.06. The van der Waals surface area contributed by atoms with Crippen molar-refractivity contribution in [1.29, 1.82) is 0 Å². The zero-order valence-corrected chi connectivity index (χ0v) is 32.2. The molecule has 0 aliphatic rings. The summed E-state index contributed by atoms with van der Waals surface area (Å²) in [6, 6.07) is 66.4. The van der Waals surface area contributed by atoms with Crippen LogP contribution in [0.3, 0.4) is 0 Å². The molecule has 10 rings (SSSR count). The molecule has 60 heavy (non-hydrogen) atoms. The first kappa shape index (κ1) is 36.0. The van der Waals surface area contributed by atoms with Crippen LogP contribution in [0.1, 0.15) is 0 Å². The first-order valence-electron chi connectivity index (χ1n) is 19.6. The Bertz CT molecular complexity index is 2940. The van der Waals surface area contributed by atoms with Gasteiger partial charge in [0, 0.05) is 34.0 Å². The summed E-state index contributed by atoms with van der Waals surface area (Å²) in [7, 11) is 0. The Balaban J connectivity index is 1.05. The fourth-order valence-electron chi connectivity index (χ4n) is 6.98. The zero-order valence-electron chi connectivity index (χ0n) is 32.2. The van der Waals surface area contributed by atoms with E-state index in [9.17, 15) is 0 Å². The Hall–Kier alpha value is -8.36. The molecule has 282 valence electrons. The van der Waals surface area contributed by atoms with Gasteiger partial charge in [0.25, 0.3) is 0 Å². The maximum atomic E-state index is 5.17. The molecule has 0 saturated carbocycles. The lowest BCUT2D eigenvalue weighted by Gasteiger charge is -2.12. The molecule has 5 aromatic carbocycles. The molecule has 0 radical (unpaired) electrons. The van der Waals surface area contributed by atoms with Crippen LogP contribution in [-0.4, -0.2) is 39.9 Å². The molecule has 8 nitrogen and oxygen atoms in total. The van der Waals surface area contributed by atoms with Crippen LogP contribution in [0.4, 0.5) is 0 Å². The highest BCUT2D eigenvalue weighted by molar-refractivity contribution is 5.77. The van der Waals surface area contributed by atoms with Crippen molar-refractivity contribution in [1.82, 2.24) is 39.9 Å². The maximum absolute atomic E-state index is 5.17. The molecule has 0 unspecified atom stereocenters. The van der Waals surface area contributed by atoms with Gasteiger partial charge in [0.1, 0.15) is 5.69 Å². The first-order valence-corrected chi connectivity index (χ1v) is 19.6. The summed E-state index contributed by atoms with van der Waals surface area (Å²) in [5.41, 5.74) is 11.7. The number of pyridine rings is 3. The third-order valence-corrected chi connectivity index (χ3v) is 10.0. The Morgan fingerprint density at radius 3 is 1.15 bits per heavy atom. The van der Waals surface area contributed by atoms with Crippen LogP contribution in [0.2, 0.25) is 0 Å². The minimum absolute atomic E-state index is 0.468. The van der Waals surface area contributed by atoms with Crippen molar-refractivity contribution in [2.45, 2.75) is 0 Å². The minimum Gasteiger partial charge on any atom is -0.254 e. The minimum atomic E-state index is 0.468. The van der Waals surface area contributed by atoms with E-state index >= 15 is 0 Å². The van der Waals surface area contributed by atoms with Crippen LogP contribution in [0.15, 0.2) is 206 Å². The predicted molar refractivity (Wildman–Crippen MR) is 238 cm³/mol. The highest BCUT2D eigenvalue weighted by Gasteiger charge is 2.17. The number of hydrogen-bond donors (Lipinski definition) is 0. The number of aromatic nitrogens is 8. The molecule has 5 heterocycles. The molecule has 0 saturated heterocycles. The van der Waals surface area contributed by atoms with Crippen molar-refractivity contribution in [3.8, 4) is 102 Å². The van der Waals surface area contributed by atoms with Crippen LogP contribution < -0.4 is 0 Å². The van der Waals surface area contributed by atoms with Crippen molar-refractivity contribution >= 4 is 0 Å². The summed E-state index contributed by atoms with van der Waals surface area (Å²) < 4.78 is 0. The highest BCUT2D eigenvalue weighted by atomic mass is 15.0. The van der Waals surface area contributed by atoms with E-state index in [-0.39, 0.29) is 0 Å². The van der Waals surface area contributed by atoms with Gasteiger partial charge in [0.15, 0.2) is 23.3 Å². The van der Waals surface area contributed by atoms with Crippen LogP contribution in [0.25, 0.3) is 102 Å². The average molecular weight is 771 g/mol. The van der Waals surface area contributed by atoms with Gasteiger partial charge in [-0.1, -0.05) is 158 Å². The Morgan fingerprint density at radius 2 is 0.633 bits per heavy atom. The lowest BCUT2D eigenvalue weighted by Crippen LogP contribution is -2.02. The van der Waals surface area contributed by atoms with Crippen LogP contribution in [0, 0.1) is 0 Å². The summed E-state index contributed by atoms with van der Waals surface area (Å²) in [5, 5.41) is 0. The Kier molecular flexibility index (Phi) is 9.75. The van der Waals surface area contributed by atoms with Crippen molar-refractivity contribution in [3.63, 3.8) is 0 Å². The second-order valence-corrected chi connectivity index (χ2v) is 14.1. The standard InChI is InChI=1S/C52H34N8/c1-6-17-35(18-7-1)41-31-47(42-30-29-40(34-53-42)51-56-45(36-19-8-2-9-20-36)33-46(57-51)37-21-10-3-11-22-37)55-48(32-41)43-27-16-28-44(54-43)52-59-49(38-23-12-4-13-24-38)58-50(60-52)39-25-14-5-15-26-39/h1-34H. The number of rotatable bonds is 9. The second kappa shape index (κ2) is 16.2. The maximum Gasteiger partial charge on any atom is 0.182 e. The second-order valence-electron chi connectivity index (χ2n) is 14.1. The lowest BCUT2D eigenvalue weighted by atomic mass is 10.0. The molecular weight excluding hydrogens is 737 g/mol. The van der Waals surface area contributed by atoms with E-state index in [2.05, 4.69) is 48.5 Å². The summed E-state index contributed by atoms with van der Waals surface area (Å²) in [5.74, 6) is 2.20. The van der Waals surface area contributed by atoms with E-state index in [1.54, 1.807) is 0 Å². The molecule has 0 aliphatic carbocycles. The van der Waals surface area contributed by atoms with Crippen LogP contribution >= 0.6 is 0 Å². The van der Waals surface area contributed by atoms with Crippen LogP contribution in [0.5, 0.6) is 0 Å². The molecule has 0 N–H and O–H groups in total. The monoisotopic (exact) mass is 770 g/mol. The SMILES string of the molecule is c1ccc(-c2cc(-c3ccc(-c4nc(-c5ccccc5)cc(-c5ccccc5)n4)cn3)nc(-c3cccc(-c4nc(-c5ccccc5)nc(-c5ccccc5)n4)n3)c2)cc1. The quantitative estimate of drug-likeness (QED) is 0.143. The van der Waals surface area contributed by atoms with E-state index in [0.717, 1.165) is 50.3 Å². The average Bonchev–Trinajstić information content (AvgIpc) is 3.35. The molecule has 0 spiro atoms. The zero-order chi connectivity index (χ0) is 40.1. The van der Waals surface area contributed by atoms with E-state index in [1.807, 2.05) is 158 Å². The van der Waals surface area contributed by atoms with E-state index in [4.69, 9.17) is 39.9 Å². The normalized spacial score (nSPS) is 11.0. The number of benzene rings is 5. The first-order chi connectivity index (χ1) is 29.7. The largest absolute Gasteiger partial charge is 0.254 e.